The Morgan fingerprint density at radius 3 is 1.68 bits per heavy atom. The maximum absolute atomic E-state index is 6.20. The molecule has 128 valence electrons. The lowest BCUT2D eigenvalue weighted by Gasteiger charge is -2.20. The molecule has 0 rings (SSSR count). The van der Waals surface area contributed by atoms with Crippen molar-refractivity contribution in [3.8, 4) is 0 Å². The van der Waals surface area contributed by atoms with Crippen molar-refractivity contribution in [1.82, 2.24) is 0 Å². The van der Waals surface area contributed by atoms with Gasteiger partial charge in [-0.15, -0.1) is 0 Å². The standard InChI is InChI=1S/C20H42B2/c1-5-7-8-9-10-11-12-13-17-20(22(4)21)18-15-14-16-19(3)6-2/h19-20H,5-18H2,1-4H3. The Bertz CT molecular complexity index is 216. The van der Waals surface area contributed by atoms with Crippen LogP contribution in [0.3, 0.4) is 0 Å². The minimum atomic E-state index is 0.383. The second-order valence-electron chi connectivity index (χ2n) is 7.68. The van der Waals surface area contributed by atoms with Gasteiger partial charge in [-0.2, -0.15) is 0 Å². The first-order valence-electron chi connectivity index (χ1n) is 10.4. The van der Waals surface area contributed by atoms with E-state index >= 15 is 0 Å². The SMILES string of the molecule is [B]B(C)C(CCCCCCCCCC)CCCCC(C)CC. The summed E-state index contributed by atoms with van der Waals surface area (Å²) in [7, 11) is 6.20. The minimum absolute atomic E-state index is 0.383. The highest BCUT2D eigenvalue weighted by atomic mass is 14.1. The van der Waals surface area contributed by atoms with Crippen molar-refractivity contribution >= 4 is 14.3 Å². The van der Waals surface area contributed by atoms with Gasteiger partial charge in [0.25, 0.3) is 0 Å². The Morgan fingerprint density at radius 1 is 0.727 bits per heavy atom. The predicted molar refractivity (Wildman–Crippen MR) is 106 cm³/mol. The highest BCUT2D eigenvalue weighted by Gasteiger charge is 2.14. The van der Waals surface area contributed by atoms with Crippen molar-refractivity contribution in [2.24, 2.45) is 5.92 Å². The highest BCUT2D eigenvalue weighted by Crippen LogP contribution is 2.26. The maximum Gasteiger partial charge on any atom is 0.0908 e. The van der Waals surface area contributed by atoms with Crippen LogP contribution >= 0.6 is 0 Å². The summed E-state index contributed by atoms with van der Waals surface area (Å²) in [5, 5.41) is 0. The third kappa shape index (κ3) is 13.8. The van der Waals surface area contributed by atoms with Crippen LogP contribution in [0, 0.1) is 5.92 Å². The summed E-state index contributed by atoms with van der Waals surface area (Å²) in [6, 6.07) is 0. The highest BCUT2D eigenvalue weighted by molar-refractivity contribution is 7.03. The third-order valence-corrected chi connectivity index (χ3v) is 5.39. The van der Waals surface area contributed by atoms with E-state index < -0.39 is 0 Å². The molecule has 0 N–H and O–H groups in total. The average molecular weight is 304 g/mol. The van der Waals surface area contributed by atoms with E-state index in [1.165, 1.54) is 89.9 Å². The van der Waals surface area contributed by atoms with Gasteiger partial charge in [0.2, 0.25) is 0 Å². The Hall–Kier alpha value is 0.130. The van der Waals surface area contributed by atoms with Crippen molar-refractivity contribution in [3.63, 3.8) is 0 Å². The summed E-state index contributed by atoms with van der Waals surface area (Å²) >= 11 is 0. The summed E-state index contributed by atoms with van der Waals surface area (Å²) in [5.74, 6) is 1.67. The van der Waals surface area contributed by atoms with E-state index in [2.05, 4.69) is 27.6 Å². The second-order valence-corrected chi connectivity index (χ2v) is 7.68. The van der Waals surface area contributed by atoms with Crippen LogP contribution in [0.4, 0.5) is 0 Å². The molecule has 0 saturated heterocycles. The van der Waals surface area contributed by atoms with Gasteiger partial charge in [0.15, 0.2) is 0 Å². The monoisotopic (exact) mass is 304 g/mol. The predicted octanol–water partition coefficient (Wildman–Crippen LogP) is 7.28. The molecule has 2 heteroatoms. The smallest absolute Gasteiger partial charge is 0.0908 e. The molecule has 0 amide bonds. The molecule has 0 nitrogen and oxygen atoms in total. The molecule has 0 aromatic heterocycles. The Morgan fingerprint density at radius 2 is 1.18 bits per heavy atom. The Kier molecular flexibility index (Phi) is 16.1. The van der Waals surface area contributed by atoms with Gasteiger partial charge in [-0.05, 0) is 5.92 Å². The van der Waals surface area contributed by atoms with Crippen LogP contribution in [-0.4, -0.2) is 14.3 Å². The Balaban J connectivity index is 3.56. The minimum Gasteiger partial charge on any atom is -0.0931 e. The van der Waals surface area contributed by atoms with E-state index in [0.717, 1.165) is 11.7 Å². The molecular weight excluding hydrogens is 262 g/mol. The van der Waals surface area contributed by atoms with Crippen LogP contribution < -0.4 is 0 Å². The van der Waals surface area contributed by atoms with E-state index in [4.69, 9.17) is 7.74 Å². The first kappa shape index (κ1) is 22.1. The fraction of sp³-hybridized carbons (Fsp3) is 1.00. The summed E-state index contributed by atoms with van der Waals surface area (Å²) in [6.45, 7) is 9.57. The summed E-state index contributed by atoms with van der Waals surface area (Å²) in [5.41, 5.74) is 0. The van der Waals surface area contributed by atoms with Crippen molar-refractivity contribution < 1.29 is 0 Å². The van der Waals surface area contributed by atoms with Crippen LogP contribution in [0.2, 0.25) is 12.6 Å². The van der Waals surface area contributed by atoms with E-state index in [1.54, 1.807) is 0 Å². The average Bonchev–Trinajstić information content (AvgIpc) is 2.51. The van der Waals surface area contributed by atoms with Crippen molar-refractivity contribution in [3.05, 3.63) is 0 Å². The third-order valence-electron chi connectivity index (χ3n) is 5.39. The molecule has 0 aromatic rings. The quantitative estimate of drug-likeness (QED) is 0.207. The molecular formula is C20H42B2. The van der Waals surface area contributed by atoms with Crippen LogP contribution in [0.1, 0.15) is 111 Å². The lowest BCUT2D eigenvalue weighted by molar-refractivity contribution is 0.467. The molecule has 0 spiro atoms. The van der Waals surface area contributed by atoms with E-state index in [1.807, 2.05) is 0 Å². The number of rotatable bonds is 16. The van der Waals surface area contributed by atoms with E-state index in [9.17, 15) is 0 Å². The fourth-order valence-corrected chi connectivity index (χ4v) is 3.31. The lowest BCUT2D eigenvalue weighted by atomic mass is 9.27. The summed E-state index contributed by atoms with van der Waals surface area (Å²) in [6.07, 6.45) is 19.6. The molecule has 0 heterocycles. The normalized spacial score (nSPS) is 14.0. The van der Waals surface area contributed by atoms with Crippen LogP contribution in [0.25, 0.3) is 0 Å². The fourth-order valence-electron chi connectivity index (χ4n) is 3.31. The van der Waals surface area contributed by atoms with Gasteiger partial charge in [-0.3, -0.25) is 0 Å². The van der Waals surface area contributed by atoms with Gasteiger partial charge < -0.3 is 0 Å². The number of unbranched alkanes of at least 4 members (excludes halogenated alkanes) is 8. The molecule has 0 aliphatic rings. The molecule has 0 fully saturated rings. The molecule has 2 radical (unpaired) electrons. The van der Waals surface area contributed by atoms with Gasteiger partial charge in [-0.25, -0.2) is 0 Å². The topological polar surface area (TPSA) is 0 Å². The number of hydrogen-bond acceptors (Lipinski definition) is 0. The zero-order valence-corrected chi connectivity index (χ0v) is 16.2. The van der Waals surface area contributed by atoms with Gasteiger partial charge in [-0.1, -0.05) is 123 Å². The number of hydrogen-bond donors (Lipinski definition) is 0. The van der Waals surface area contributed by atoms with E-state index in [0.29, 0.717) is 6.60 Å². The largest absolute Gasteiger partial charge is 0.0931 e. The van der Waals surface area contributed by atoms with Gasteiger partial charge in [0, 0.05) is 7.74 Å². The Labute approximate surface area is 144 Å². The first-order valence-corrected chi connectivity index (χ1v) is 10.4. The van der Waals surface area contributed by atoms with Crippen LogP contribution in [-0.2, 0) is 0 Å². The molecule has 2 atom stereocenters. The molecule has 22 heavy (non-hydrogen) atoms. The van der Waals surface area contributed by atoms with Gasteiger partial charge in [0.05, 0.1) is 6.60 Å². The zero-order chi connectivity index (χ0) is 16.6. The maximum atomic E-state index is 6.20. The van der Waals surface area contributed by atoms with Gasteiger partial charge >= 0.3 is 0 Å². The molecule has 0 bridgehead atoms. The summed E-state index contributed by atoms with van der Waals surface area (Å²) < 4.78 is 0. The second kappa shape index (κ2) is 16.0. The van der Waals surface area contributed by atoms with Gasteiger partial charge in [0.1, 0.15) is 0 Å². The molecule has 0 aliphatic carbocycles. The lowest BCUT2D eigenvalue weighted by Crippen LogP contribution is -2.17. The van der Waals surface area contributed by atoms with E-state index in [-0.39, 0.29) is 0 Å². The molecule has 0 saturated carbocycles. The first-order chi connectivity index (χ1) is 10.6. The zero-order valence-electron chi connectivity index (χ0n) is 16.2. The van der Waals surface area contributed by atoms with Crippen molar-refractivity contribution in [2.45, 2.75) is 123 Å². The van der Waals surface area contributed by atoms with Crippen LogP contribution in [0.5, 0.6) is 0 Å². The van der Waals surface area contributed by atoms with Crippen LogP contribution in [0.15, 0.2) is 0 Å². The molecule has 0 aromatic carbocycles. The molecule has 2 unspecified atom stereocenters. The molecule has 0 aliphatic heterocycles. The van der Waals surface area contributed by atoms with Crippen molar-refractivity contribution in [1.29, 1.82) is 0 Å². The van der Waals surface area contributed by atoms with Crippen molar-refractivity contribution in [2.75, 3.05) is 0 Å². The summed E-state index contributed by atoms with van der Waals surface area (Å²) in [4.78, 5) is 0.